The van der Waals surface area contributed by atoms with Crippen LogP contribution in [0.2, 0.25) is 10.0 Å². The third kappa shape index (κ3) is 4.09. The molecule has 0 atom stereocenters. The van der Waals surface area contributed by atoms with Gasteiger partial charge in [0, 0.05) is 16.1 Å². The first-order valence-corrected chi connectivity index (χ1v) is 7.55. The molecule has 0 amide bonds. The molecular formula is C18H12Cl2O3. The maximum absolute atomic E-state index is 9.93. The Balaban J connectivity index is 1.81. The largest absolute Gasteiger partial charge is 0.504 e. The summed E-state index contributed by atoms with van der Waals surface area (Å²) in [6.45, 7) is 0. The van der Waals surface area contributed by atoms with Crippen molar-refractivity contribution in [3.05, 3.63) is 76.8 Å². The number of hydrogen-bond donors (Lipinski definition) is 1. The van der Waals surface area contributed by atoms with Crippen molar-refractivity contribution in [2.45, 2.75) is 0 Å². The minimum atomic E-state index is 0.0170. The minimum Gasteiger partial charge on any atom is -0.504 e. The Bertz CT molecular complexity index is 800. The summed E-state index contributed by atoms with van der Waals surface area (Å²) in [6, 6.07) is 18.6. The molecule has 3 nitrogen and oxygen atoms in total. The molecule has 0 saturated carbocycles. The van der Waals surface area contributed by atoms with Crippen LogP contribution in [0.4, 0.5) is 0 Å². The fraction of sp³-hybridized carbons (Fsp3) is 0. The lowest BCUT2D eigenvalue weighted by Crippen LogP contribution is -1.88. The zero-order valence-electron chi connectivity index (χ0n) is 11.9. The smallest absolute Gasteiger partial charge is 0.172 e. The SMILES string of the molecule is Oc1ccc(Oc2ccc(Cl)cc2)cc1Oc1ccc(Cl)cc1. The Morgan fingerprint density at radius 3 is 1.65 bits per heavy atom. The Kier molecular flexibility index (Phi) is 4.60. The van der Waals surface area contributed by atoms with E-state index in [1.54, 1.807) is 60.7 Å². The lowest BCUT2D eigenvalue weighted by atomic mass is 10.3. The molecule has 23 heavy (non-hydrogen) atoms. The number of ether oxygens (including phenoxy) is 2. The Labute approximate surface area is 143 Å². The molecule has 0 radical (unpaired) electrons. The van der Waals surface area contributed by atoms with E-state index < -0.39 is 0 Å². The maximum atomic E-state index is 9.93. The van der Waals surface area contributed by atoms with Gasteiger partial charge in [-0.15, -0.1) is 0 Å². The average molecular weight is 347 g/mol. The molecule has 0 aromatic heterocycles. The highest BCUT2D eigenvalue weighted by atomic mass is 35.5. The van der Waals surface area contributed by atoms with Crippen LogP contribution >= 0.6 is 23.2 Å². The zero-order valence-corrected chi connectivity index (χ0v) is 13.4. The first-order valence-electron chi connectivity index (χ1n) is 6.80. The van der Waals surface area contributed by atoms with E-state index in [4.69, 9.17) is 32.7 Å². The topological polar surface area (TPSA) is 38.7 Å². The fourth-order valence-corrected chi connectivity index (χ4v) is 2.16. The highest BCUT2D eigenvalue weighted by Gasteiger charge is 2.07. The van der Waals surface area contributed by atoms with Gasteiger partial charge in [-0.1, -0.05) is 23.2 Å². The van der Waals surface area contributed by atoms with Gasteiger partial charge in [-0.25, -0.2) is 0 Å². The van der Waals surface area contributed by atoms with Crippen molar-refractivity contribution in [1.29, 1.82) is 0 Å². The van der Waals surface area contributed by atoms with E-state index >= 15 is 0 Å². The summed E-state index contributed by atoms with van der Waals surface area (Å²) >= 11 is 11.7. The van der Waals surface area contributed by atoms with E-state index in [1.807, 2.05) is 0 Å². The maximum Gasteiger partial charge on any atom is 0.172 e. The Morgan fingerprint density at radius 2 is 1.09 bits per heavy atom. The first kappa shape index (κ1) is 15.5. The molecule has 0 bridgehead atoms. The molecule has 3 aromatic rings. The van der Waals surface area contributed by atoms with Crippen LogP contribution in [-0.2, 0) is 0 Å². The monoisotopic (exact) mass is 346 g/mol. The van der Waals surface area contributed by atoms with Crippen molar-refractivity contribution in [3.8, 4) is 28.7 Å². The summed E-state index contributed by atoms with van der Waals surface area (Å²) < 4.78 is 11.4. The third-order valence-corrected chi connectivity index (χ3v) is 3.53. The second-order valence-corrected chi connectivity index (χ2v) is 5.61. The molecule has 3 aromatic carbocycles. The molecule has 1 N–H and O–H groups in total. The van der Waals surface area contributed by atoms with Crippen LogP contribution in [0.15, 0.2) is 66.7 Å². The predicted octanol–water partition coefficient (Wildman–Crippen LogP) is 6.28. The van der Waals surface area contributed by atoms with Gasteiger partial charge >= 0.3 is 0 Å². The number of phenolic OH excluding ortho intramolecular Hbond substituents is 1. The molecule has 0 aliphatic heterocycles. The molecule has 0 saturated heterocycles. The highest BCUT2D eigenvalue weighted by molar-refractivity contribution is 6.30. The van der Waals surface area contributed by atoms with Crippen LogP contribution in [0.1, 0.15) is 0 Å². The van der Waals surface area contributed by atoms with Gasteiger partial charge in [-0.3, -0.25) is 0 Å². The number of rotatable bonds is 4. The van der Waals surface area contributed by atoms with E-state index in [2.05, 4.69) is 0 Å². The summed E-state index contributed by atoms with van der Waals surface area (Å²) in [4.78, 5) is 0. The standard InChI is InChI=1S/C18H12Cl2O3/c19-12-1-5-14(6-2-12)22-16-9-10-17(21)18(11-16)23-15-7-3-13(20)4-8-15/h1-11,21H. The Hall–Kier alpha value is -2.36. The fourth-order valence-electron chi connectivity index (χ4n) is 1.91. The Morgan fingerprint density at radius 1 is 0.609 bits per heavy atom. The molecule has 3 rings (SSSR count). The van der Waals surface area contributed by atoms with Crippen LogP contribution in [-0.4, -0.2) is 5.11 Å². The molecule has 0 spiro atoms. The van der Waals surface area contributed by atoms with Crippen LogP contribution in [0.3, 0.4) is 0 Å². The zero-order chi connectivity index (χ0) is 16.2. The second-order valence-electron chi connectivity index (χ2n) is 4.74. The predicted molar refractivity (Wildman–Crippen MR) is 91.2 cm³/mol. The van der Waals surface area contributed by atoms with E-state index in [9.17, 15) is 5.11 Å². The molecule has 0 fully saturated rings. The summed E-state index contributed by atoms with van der Waals surface area (Å²) in [7, 11) is 0. The number of benzene rings is 3. The third-order valence-electron chi connectivity index (χ3n) is 3.02. The van der Waals surface area contributed by atoms with E-state index in [0.717, 1.165) is 0 Å². The van der Waals surface area contributed by atoms with E-state index in [0.29, 0.717) is 33.0 Å². The van der Waals surface area contributed by atoms with Crippen molar-refractivity contribution in [2.75, 3.05) is 0 Å². The quantitative estimate of drug-likeness (QED) is 0.603. The van der Waals surface area contributed by atoms with E-state index in [1.165, 1.54) is 6.07 Å². The van der Waals surface area contributed by atoms with Crippen LogP contribution < -0.4 is 9.47 Å². The minimum absolute atomic E-state index is 0.0170. The molecular weight excluding hydrogens is 335 g/mol. The lowest BCUT2D eigenvalue weighted by molar-refractivity contribution is 0.405. The summed E-state index contributed by atoms with van der Waals surface area (Å²) in [5.74, 6) is 2.04. The highest BCUT2D eigenvalue weighted by Crippen LogP contribution is 2.36. The van der Waals surface area contributed by atoms with Gasteiger partial charge in [0.15, 0.2) is 11.5 Å². The first-order chi connectivity index (χ1) is 11.1. The second kappa shape index (κ2) is 6.82. The summed E-state index contributed by atoms with van der Waals surface area (Å²) in [6.07, 6.45) is 0. The van der Waals surface area contributed by atoms with Crippen molar-refractivity contribution >= 4 is 23.2 Å². The van der Waals surface area contributed by atoms with E-state index in [-0.39, 0.29) is 5.75 Å². The molecule has 0 heterocycles. The van der Waals surface area contributed by atoms with Gasteiger partial charge in [0.1, 0.15) is 17.2 Å². The lowest BCUT2D eigenvalue weighted by Gasteiger charge is -2.11. The van der Waals surface area contributed by atoms with Crippen LogP contribution in [0, 0.1) is 0 Å². The number of aromatic hydroxyl groups is 1. The molecule has 0 aliphatic carbocycles. The normalized spacial score (nSPS) is 10.3. The number of phenols is 1. The number of halogens is 2. The number of hydrogen-bond acceptors (Lipinski definition) is 3. The van der Waals surface area contributed by atoms with Gasteiger partial charge in [0.05, 0.1) is 0 Å². The molecule has 116 valence electrons. The average Bonchev–Trinajstić information content (AvgIpc) is 2.55. The molecule has 0 aliphatic rings. The van der Waals surface area contributed by atoms with Gasteiger partial charge < -0.3 is 14.6 Å². The van der Waals surface area contributed by atoms with Crippen molar-refractivity contribution < 1.29 is 14.6 Å². The molecule has 5 heteroatoms. The van der Waals surface area contributed by atoms with Gasteiger partial charge in [-0.2, -0.15) is 0 Å². The van der Waals surface area contributed by atoms with Gasteiger partial charge in [0.2, 0.25) is 0 Å². The molecule has 0 unspecified atom stereocenters. The van der Waals surface area contributed by atoms with Crippen molar-refractivity contribution in [3.63, 3.8) is 0 Å². The van der Waals surface area contributed by atoms with Gasteiger partial charge in [-0.05, 0) is 60.7 Å². The summed E-state index contributed by atoms with van der Waals surface area (Å²) in [5.41, 5.74) is 0. The van der Waals surface area contributed by atoms with Crippen LogP contribution in [0.25, 0.3) is 0 Å². The van der Waals surface area contributed by atoms with Gasteiger partial charge in [0.25, 0.3) is 0 Å². The van der Waals surface area contributed by atoms with Crippen LogP contribution in [0.5, 0.6) is 28.7 Å². The van der Waals surface area contributed by atoms with Crippen molar-refractivity contribution in [1.82, 2.24) is 0 Å². The summed E-state index contributed by atoms with van der Waals surface area (Å²) in [5, 5.41) is 11.2. The van der Waals surface area contributed by atoms with Crippen molar-refractivity contribution in [2.24, 2.45) is 0 Å².